The molecule has 2 N–H and O–H groups in total. The second kappa shape index (κ2) is 4.61. The summed E-state index contributed by atoms with van der Waals surface area (Å²) in [4.78, 5) is 10.7. The van der Waals surface area contributed by atoms with Crippen LogP contribution in [-0.4, -0.2) is 21.3 Å². The number of allylic oxidation sites excluding steroid dienone is 6. The minimum absolute atomic E-state index is 0.113. The summed E-state index contributed by atoms with van der Waals surface area (Å²) in [6.45, 7) is 0. The van der Waals surface area contributed by atoms with E-state index in [9.17, 15) is 4.79 Å². The lowest BCUT2D eigenvalue weighted by Crippen LogP contribution is -1.95. The number of hydrogen-bond acceptors (Lipinski definition) is 2. The zero-order valence-electron chi connectivity index (χ0n) is 8.68. The number of aromatic carboxylic acids is 1. The first-order chi connectivity index (χ1) is 7.77. The Kier molecular flexibility index (Phi) is 3.00. The van der Waals surface area contributed by atoms with Crippen molar-refractivity contribution < 1.29 is 9.90 Å². The molecule has 0 radical (unpaired) electrons. The molecule has 1 aliphatic rings. The fourth-order valence-electron chi connectivity index (χ4n) is 1.51. The van der Waals surface area contributed by atoms with E-state index in [4.69, 9.17) is 5.11 Å². The smallest absolute Gasteiger partial charge is 0.353 e. The highest BCUT2D eigenvalue weighted by molar-refractivity contribution is 5.87. The van der Waals surface area contributed by atoms with Gasteiger partial charge in [-0.25, -0.2) is 4.79 Å². The number of carboxylic acids is 1. The van der Waals surface area contributed by atoms with Gasteiger partial charge in [0.15, 0.2) is 0 Å². The summed E-state index contributed by atoms with van der Waals surface area (Å²) in [6.07, 6.45) is 11.9. The van der Waals surface area contributed by atoms with Crippen molar-refractivity contribution in [2.24, 2.45) is 0 Å². The first-order valence-electron chi connectivity index (χ1n) is 5.10. The van der Waals surface area contributed by atoms with Gasteiger partial charge in [0.2, 0.25) is 0 Å². The lowest BCUT2D eigenvalue weighted by Gasteiger charge is -1.99. The van der Waals surface area contributed by atoms with Gasteiger partial charge in [0, 0.05) is 0 Å². The van der Waals surface area contributed by atoms with Crippen molar-refractivity contribution in [2.75, 3.05) is 0 Å². The molecule has 0 atom stereocenters. The molecule has 0 unspecified atom stereocenters. The third-order valence-electron chi connectivity index (χ3n) is 2.32. The minimum atomic E-state index is -0.992. The van der Waals surface area contributed by atoms with Crippen molar-refractivity contribution in [3.05, 3.63) is 47.8 Å². The molecule has 0 saturated heterocycles. The van der Waals surface area contributed by atoms with Crippen molar-refractivity contribution in [1.29, 1.82) is 0 Å². The highest BCUT2D eigenvalue weighted by Gasteiger charge is 2.09. The van der Waals surface area contributed by atoms with Gasteiger partial charge in [-0.1, -0.05) is 30.4 Å². The number of hydrogen-bond donors (Lipinski definition) is 2. The largest absolute Gasteiger partial charge is 0.477 e. The van der Waals surface area contributed by atoms with Crippen molar-refractivity contribution in [3.8, 4) is 0 Å². The van der Waals surface area contributed by atoms with Crippen LogP contribution in [0.5, 0.6) is 0 Å². The first-order valence-corrected chi connectivity index (χ1v) is 5.10. The molecule has 0 aromatic carbocycles. The fraction of sp³-hybridized carbons (Fsp3) is 0.167. The van der Waals surface area contributed by atoms with Crippen LogP contribution in [0.15, 0.2) is 36.4 Å². The van der Waals surface area contributed by atoms with Gasteiger partial charge in [0.05, 0.1) is 5.69 Å². The quantitative estimate of drug-likeness (QED) is 0.797. The lowest BCUT2D eigenvalue weighted by atomic mass is 10.1. The zero-order valence-corrected chi connectivity index (χ0v) is 8.68. The van der Waals surface area contributed by atoms with Crippen molar-refractivity contribution >= 4 is 11.5 Å². The number of aromatic nitrogens is 2. The molecule has 1 aliphatic carbocycles. The Morgan fingerprint density at radius 3 is 3.00 bits per heavy atom. The SMILES string of the molecule is O=C(O)c1cc(C2=CCC/C=C/C=C2)n[nH]1. The Hall–Kier alpha value is -2.10. The molecule has 0 aliphatic heterocycles. The summed E-state index contributed by atoms with van der Waals surface area (Å²) in [6, 6.07) is 1.55. The van der Waals surface area contributed by atoms with Gasteiger partial charge >= 0.3 is 5.97 Å². The van der Waals surface area contributed by atoms with Crippen LogP contribution < -0.4 is 0 Å². The van der Waals surface area contributed by atoms with Gasteiger partial charge < -0.3 is 5.11 Å². The minimum Gasteiger partial charge on any atom is -0.477 e. The van der Waals surface area contributed by atoms with Gasteiger partial charge in [0.1, 0.15) is 5.69 Å². The van der Waals surface area contributed by atoms with Crippen LogP contribution in [0.4, 0.5) is 0 Å². The topological polar surface area (TPSA) is 66.0 Å². The number of H-pyrrole nitrogens is 1. The van der Waals surface area contributed by atoms with Crippen LogP contribution in [0.3, 0.4) is 0 Å². The van der Waals surface area contributed by atoms with Crippen molar-refractivity contribution in [3.63, 3.8) is 0 Å². The number of carboxylic acid groups (broad SMARTS) is 1. The molecule has 1 heterocycles. The van der Waals surface area contributed by atoms with E-state index in [1.165, 1.54) is 0 Å². The normalized spacial score (nSPS) is 17.4. The molecule has 82 valence electrons. The first kappa shape index (κ1) is 10.4. The number of nitrogens with zero attached hydrogens (tertiary/aromatic N) is 1. The second-order valence-electron chi connectivity index (χ2n) is 3.50. The fourth-order valence-corrected chi connectivity index (χ4v) is 1.51. The predicted octanol–water partition coefficient (Wildman–Crippen LogP) is 2.40. The monoisotopic (exact) mass is 216 g/mol. The average Bonchev–Trinajstić information content (AvgIpc) is 2.66. The van der Waals surface area contributed by atoms with E-state index in [1.807, 2.05) is 18.2 Å². The highest BCUT2D eigenvalue weighted by atomic mass is 16.4. The summed E-state index contributed by atoms with van der Waals surface area (Å²) in [5.41, 5.74) is 1.74. The Morgan fingerprint density at radius 2 is 2.25 bits per heavy atom. The predicted molar refractivity (Wildman–Crippen MR) is 61.0 cm³/mol. The summed E-state index contributed by atoms with van der Waals surface area (Å²) in [7, 11) is 0. The van der Waals surface area contributed by atoms with Crippen molar-refractivity contribution in [2.45, 2.75) is 12.8 Å². The van der Waals surface area contributed by atoms with Gasteiger partial charge in [-0.15, -0.1) is 0 Å². The summed E-state index contributed by atoms with van der Waals surface area (Å²) >= 11 is 0. The number of rotatable bonds is 2. The summed E-state index contributed by atoms with van der Waals surface area (Å²) < 4.78 is 0. The standard InChI is InChI=1S/C12H12N2O2/c15-12(16)11-8-10(13-14-11)9-6-4-2-1-3-5-7-9/h1-2,4,6-8H,3,5H2,(H,13,14)(H,15,16)/b2-1+,6-4?,9-7?. The molecule has 1 aromatic rings. The number of nitrogens with one attached hydrogen (secondary N) is 1. The Balaban J connectivity index is 2.28. The van der Waals surface area contributed by atoms with Crippen LogP contribution in [0.2, 0.25) is 0 Å². The Bertz CT molecular complexity index is 481. The molecule has 0 bridgehead atoms. The van der Waals surface area contributed by atoms with E-state index in [0.29, 0.717) is 5.69 Å². The molecule has 4 heteroatoms. The number of carbonyl (C=O) groups is 1. The molecular formula is C12H12N2O2. The van der Waals surface area contributed by atoms with Crippen LogP contribution in [0, 0.1) is 0 Å². The van der Waals surface area contributed by atoms with E-state index in [0.717, 1.165) is 18.4 Å². The van der Waals surface area contributed by atoms with Gasteiger partial charge in [-0.3, -0.25) is 5.10 Å². The molecule has 1 aromatic heterocycles. The molecule has 0 saturated carbocycles. The van der Waals surface area contributed by atoms with Crippen molar-refractivity contribution in [1.82, 2.24) is 10.2 Å². The van der Waals surface area contributed by atoms with E-state index in [2.05, 4.69) is 22.3 Å². The molecule has 0 fully saturated rings. The lowest BCUT2D eigenvalue weighted by molar-refractivity contribution is 0.0690. The molecule has 2 rings (SSSR count). The van der Waals surface area contributed by atoms with E-state index >= 15 is 0 Å². The molecule has 0 amide bonds. The maximum Gasteiger partial charge on any atom is 0.353 e. The van der Waals surface area contributed by atoms with E-state index in [-0.39, 0.29) is 5.69 Å². The summed E-state index contributed by atoms with van der Waals surface area (Å²) in [5, 5.41) is 15.3. The maximum absolute atomic E-state index is 10.7. The molecule has 4 nitrogen and oxygen atoms in total. The molecule has 0 spiro atoms. The van der Waals surface area contributed by atoms with Crippen LogP contribution in [0.25, 0.3) is 5.57 Å². The van der Waals surface area contributed by atoms with Crippen LogP contribution in [-0.2, 0) is 0 Å². The second-order valence-corrected chi connectivity index (χ2v) is 3.50. The van der Waals surface area contributed by atoms with Gasteiger partial charge in [-0.05, 0) is 24.5 Å². The van der Waals surface area contributed by atoms with E-state index < -0.39 is 5.97 Å². The maximum atomic E-state index is 10.7. The molecular weight excluding hydrogens is 204 g/mol. The zero-order chi connectivity index (χ0) is 11.4. The average molecular weight is 216 g/mol. The summed E-state index contributed by atoms with van der Waals surface area (Å²) in [5.74, 6) is -0.992. The highest BCUT2D eigenvalue weighted by Crippen LogP contribution is 2.17. The number of aromatic amines is 1. The van der Waals surface area contributed by atoms with Crippen LogP contribution >= 0.6 is 0 Å². The Labute approximate surface area is 93.0 Å². The Morgan fingerprint density at radius 1 is 1.38 bits per heavy atom. The molecule has 16 heavy (non-hydrogen) atoms. The van der Waals surface area contributed by atoms with Gasteiger partial charge in [-0.2, -0.15) is 5.10 Å². The van der Waals surface area contributed by atoms with Crippen LogP contribution in [0.1, 0.15) is 29.0 Å². The van der Waals surface area contributed by atoms with Gasteiger partial charge in [0.25, 0.3) is 0 Å². The van der Waals surface area contributed by atoms with E-state index in [1.54, 1.807) is 6.07 Å². The third-order valence-corrected chi connectivity index (χ3v) is 2.32. The third kappa shape index (κ3) is 2.28.